The van der Waals surface area contributed by atoms with E-state index in [1.807, 2.05) is 6.92 Å². The molecule has 0 aromatic heterocycles. The third kappa shape index (κ3) is 2.52. The van der Waals surface area contributed by atoms with Gasteiger partial charge < -0.3 is 15.3 Å². The van der Waals surface area contributed by atoms with E-state index in [1.165, 1.54) is 0 Å². The molecular weight excluding hydrogens is 192 g/mol. The van der Waals surface area contributed by atoms with E-state index in [1.54, 1.807) is 13.8 Å². The minimum Gasteiger partial charge on any atom is -0.396 e. The van der Waals surface area contributed by atoms with Gasteiger partial charge in [0.1, 0.15) is 0 Å². The SMILES string of the molecule is C[C@H]1CC[C@@H](C(C)(C)O)[C@@]1(O)CCCO. The van der Waals surface area contributed by atoms with Crippen LogP contribution in [0.5, 0.6) is 0 Å². The molecule has 1 aliphatic rings. The van der Waals surface area contributed by atoms with Gasteiger partial charge in [0.15, 0.2) is 0 Å². The maximum atomic E-state index is 10.6. The lowest BCUT2D eigenvalue weighted by atomic mass is 9.74. The zero-order valence-corrected chi connectivity index (χ0v) is 10.0. The molecule has 0 amide bonds. The smallest absolute Gasteiger partial charge is 0.0729 e. The van der Waals surface area contributed by atoms with Crippen molar-refractivity contribution in [2.75, 3.05) is 6.61 Å². The van der Waals surface area contributed by atoms with Gasteiger partial charge in [-0.25, -0.2) is 0 Å². The molecule has 3 N–H and O–H groups in total. The van der Waals surface area contributed by atoms with Crippen LogP contribution in [0.1, 0.15) is 46.5 Å². The molecule has 0 aliphatic heterocycles. The normalized spacial score (nSPS) is 37.2. The minimum absolute atomic E-state index is 0.0773. The topological polar surface area (TPSA) is 60.7 Å². The Balaban J connectivity index is 2.79. The summed E-state index contributed by atoms with van der Waals surface area (Å²) < 4.78 is 0. The number of hydrogen-bond acceptors (Lipinski definition) is 3. The van der Waals surface area contributed by atoms with Gasteiger partial charge in [0.25, 0.3) is 0 Å². The molecule has 0 unspecified atom stereocenters. The van der Waals surface area contributed by atoms with E-state index >= 15 is 0 Å². The third-order valence-electron chi connectivity index (χ3n) is 3.93. The van der Waals surface area contributed by atoms with Crippen LogP contribution >= 0.6 is 0 Å². The lowest BCUT2D eigenvalue weighted by Gasteiger charge is -2.40. The average molecular weight is 216 g/mol. The second-order valence-electron chi connectivity index (χ2n) is 5.50. The first-order valence-corrected chi connectivity index (χ1v) is 5.88. The maximum Gasteiger partial charge on any atom is 0.0729 e. The highest BCUT2D eigenvalue weighted by atomic mass is 16.3. The summed E-state index contributed by atoms with van der Waals surface area (Å²) >= 11 is 0. The number of aliphatic hydroxyl groups excluding tert-OH is 1. The van der Waals surface area contributed by atoms with Crippen molar-refractivity contribution in [1.82, 2.24) is 0 Å². The molecule has 0 radical (unpaired) electrons. The Kier molecular flexibility index (Phi) is 3.80. The summed E-state index contributed by atoms with van der Waals surface area (Å²) in [5.74, 6) is 0.132. The highest BCUT2D eigenvalue weighted by Gasteiger charge is 2.51. The number of hydrogen-bond donors (Lipinski definition) is 3. The largest absolute Gasteiger partial charge is 0.396 e. The molecule has 90 valence electrons. The van der Waals surface area contributed by atoms with Crippen LogP contribution in [0.15, 0.2) is 0 Å². The van der Waals surface area contributed by atoms with E-state index in [-0.39, 0.29) is 18.4 Å². The fraction of sp³-hybridized carbons (Fsp3) is 1.00. The molecule has 0 heterocycles. The van der Waals surface area contributed by atoms with E-state index in [0.717, 1.165) is 12.8 Å². The molecule has 1 aliphatic carbocycles. The summed E-state index contributed by atoms with van der Waals surface area (Å²) in [5.41, 5.74) is -1.64. The molecule has 0 bridgehead atoms. The summed E-state index contributed by atoms with van der Waals surface area (Å²) in [6.07, 6.45) is 3.01. The first kappa shape index (κ1) is 12.9. The van der Waals surface area contributed by atoms with Gasteiger partial charge in [-0.1, -0.05) is 6.92 Å². The first-order valence-electron chi connectivity index (χ1n) is 5.88. The number of aliphatic hydroxyl groups is 3. The zero-order chi connectivity index (χ0) is 11.7. The fourth-order valence-corrected chi connectivity index (χ4v) is 3.01. The summed E-state index contributed by atoms with van der Waals surface area (Å²) in [6, 6.07) is 0. The van der Waals surface area contributed by atoms with Crippen molar-refractivity contribution >= 4 is 0 Å². The van der Waals surface area contributed by atoms with Gasteiger partial charge in [0, 0.05) is 12.5 Å². The lowest BCUT2D eigenvalue weighted by Crippen LogP contribution is -2.48. The number of rotatable bonds is 4. The molecule has 1 rings (SSSR count). The molecular formula is C12H24O3. The Morgan fingerprint density at radius 2 is 1.93 bits per heavy atom. The van der Waals surface area contributed by atoms with Gasteiger partial charge in [-0.2, -0.15) is 0 Å². The van der Waals surface area contributed by atoms with E-state index in [9.17, 15) is 10.2 Å². The predicted octanol–water partition coefficient (Wildman–Crippen LogP) is 1.31. The molecule has 0 aromatic rings. The third-order valence-corrected chi connectivity index (χ3v) is 3.93. The molecule has 0 spiro atoms. The molecule has 15 heavy (non-hydrogen) atoms. The Labute approximate surface area is 92.1 Å². The van der Waals surface area contributed by atoms with Crippen LogP contribution in [0, 0.1) is 11.8 Å². The van der Waals surface area contributed by atoms with Crippen molar-refractivity contribution < 1.29 is 15.3 Å². The van der Waals surface area contributed by atoms with Gasteiger partial charge in [0.2, 0.25) is 0 Å². The Morgan fingerprint density at radius 3 is 2.40 bits per heavy atom. The molecule has 3 atom stereocenters. The summed E-state index contributed by atoms with van der Waals surface area (Å²) in [7, 11) is 0. The van der Waals surface area contributed by atoms with E-state index in [2.05, 4.69) is 0 Å². The van der Waals surface area contributed by atoms with Crippen LogP contribution < -0.4 is 0 Å². The van der Waals surface area contributed by atoms with E-state index < -0.39 is 11.2 Å². The second kappa shape index (κ2) is 4.40. The molecule has 3 nitrogen and oxygen atoms in total. The molecule has 3 heteroatoms. The second-order valence-corrected chi connectivity index (χ2v) is 5.50. The molecule has 1 fully saturated rings. The van der Waals surface area contributed by atoms with Crippen molar-refractivity contribution in [3.8, 4) is 0 Å². The van der Waals surface area contributed by atoms with Crippen LogP contribution in [-0.4, -0.2) is 33.1 Å². The van der Waals surface area contributed by atoms with Crippen molar-refractivity contribution in [2.45, 2.75) is 57.7 Å². The minimum atomic E-state index is -0.838. The van der Waals surface area contributed by atoms with Gasteiger partial charge >= 0.3 is 0 Å². The molecule has 1 saturated carbocycles. The van der Waals surface area contributed by atoms with E-state index in [0.29, 0.717) is 12.8 Å². The quantitative estimate of drug-likeness (QED) is 0.664. The van der Waals surface area contributed by atoms with Gasteiger partial charge in [-0.05, 0) is 45.4 Å². The van der Waals surface area contributed by atoms with Crippen LogP contribution in [0.4, 0.5) is 0 Å². The Hall–Kier alpha value is -0.120. The monoisotopic (exact) mass is 216 g/mol. The van der Waals surface area contributed by atoms with Gasteiger partial charge in [-0.15, -0.1) is 0 Å². The summed E-state index contributed by atoms with van der Waals surface area (Å²) in [5, 5.41) is 29.5. The van der Waals surface area contributed by atoms with Gasteiger partial charge in [0.05, 0.1) is 11.2 Å². The molecule has 0 aromatic carbocycles. The van der Waals surface area contributed by atoms with Crippen LogP contribution in [-0.2, 0) is 0 Å². The van der Waals surface area contributed by atoms with Crippen LogP contribution in [0.2, 0.25) is 0 Å². The zero-order valence-electron chi connectivity index (χ0n) is 10.0. The van der Waals surface area contributed by atoms with Crippen molar-refractivity contribution in [3.63, 3.8) is 0 Å². The lowest BCUT2D eigenvalue weighted by molar-refractivity contribution is -0.115. The predicted molar refractivity (Wildman–Crippen MR) is 59.5 cm³/mol. The highest BCUT2D eigenvalue weighted by molar-refractivity contribution is 5.02. The fourth-order valence-electron chi connectivity index (χ4n) is 3.01. The van der Waals surface area contributed by atoms with Crippen molar-refractivity contribution in [2.24, 2.45) is 11.8 Å². The highest BCUT2D eigenvalue weighted by Crippen LogP contribution is 2.48. The van der Waals surface area contributed by atoms with Crippen LogP contribution in [0.3, 0.4) is 0 Å². The average Bonchev–Trinajstić information content (AvgIpc) is 2.40. The summed E-state index contributed by atoms with van der Waals surface area (Å²) in [6.45, 7) is 5.66. The van der Waals surface area contributed by atoms with Crippen molar-refractivity contribution in [3.05, 3.63) is 0 Å². The summed E-state index contributed by atoms with van der Waals surface area (Å²) in [4.78, 5) is 0. The Morgan fingerprint density at radius 1 is 1.33 bits per heavy atom. The maximum absolute atomic E-state index is 10.6. The van der Waals surface area contributed by atoms with Crippen LogP contribution in [0.25, 0.3) is 0 Å². The molecule has 0 saturated heterocycles. The first-order chi connectivity index (χ1) is 6.82. The van der Waals surface area contributed by atoms with E-state index in [4.69, 9.17) is 5.11 Å². The van der Waals surface area contributed by atoms with Gasteiger partial charge in [-0.3, -0.25) is 0 Å². The Bertz CT molecular complexity index is 209. The standard InChI is InChI=1S/C12H24O3/c1-9-5-6-10(11(2,3)14)12(9,15)7-4-8-13/h9-10,13-15H,4-8H2,1-3H3/t9-,10-,12+/m0/s1. The van der Waals surface area contributed by atoms with Crippen molar-refractivity contribution in [1.29, 1.82) is 0 Å².